The van der Waals surface area contributed by atoms with Gasteiger partial charge in [-0.05, 0) is 49.2 Å². The van der Waals surface area contributed by atoms with Crippen LogP contribution in [0.4, 0.5) is 10.1 Å². The van der Waals surface area contributed by atoms with E-state index in [9.17, 15) is 24.1 Å². The van der Waals surface area contributed by atoms with Gasteiger partial charge in [0.05, 0.1) is 24.1 Å². The fraction of sp³-hybridized carbons (Fsp3) is 0.200. The molecule has 2 heterocycles. The van der Waals surface area contributed by atoms with Crippen LogP contribution in [0.25, 0.3) is 22.0 Å². The van der Waals surface area contributed by atoms with Crippen molar-refractivity contribution in [3.63, 3.8) is 0 Å². The predicted octanol–water partition coefficient (Wildman–Crippen LogP) is 4.75. The molecule has 174 valence electrons. The zero-order valence-corrected chi connectivity index (χ0v) is 18.8. The van der Waals surface area contributed by atoms with Gasteiger partial charge in [0, 0.05) is 39.9 Å². The van der Waals surface area contributed by atoms with E-state index >= 15 is 0 Å². The largest absolute Gasteiger partial charge is 0.464 e. The molecule has 0 unspecified atom stereocenters. The molecule has 0 aliphatic rings. The second kappa shape index (κ2) is 8.93. The maximum atomic E-state index is 14.7. The maximum Gasteiger partial charge on any atom is 0.355 e. The summed E-state index contributed by atoms with van der Waals surface area (Å²) in [6, 6.07) is 12.2. The van der Waals surface area contributed by atoms with Gasteiger partial charge in [-0.3, -0.25) is 14.9 Å². The van der Waals surface area contributed by atoms with Crippen molar-refractivity contribution in [3.05, 3.63) is 97.3 Å². The number of esters is 1. The van der Waals surface area contributed by atoms with Crippen LogP contribution in [-0.2, 0) is 17.7 Å². The molecule has 0 spiro atoms. The number of aromatic nitrogens is 2. The van der Waals surface area contributed by atoms with Crippen molar-refractivity contribution < 1.29 is 18.8 Å². The lowest BCUT2D eigenvalue weighted by Gasteiger charge is -2.12. The highest BCUT2D eigenvalue weighted by molar-refractivity contribution is 6.08. The molecule has 0 aliphatic carbocycles. The summed E-state index contributed by atoms with van der Waals surface area (Å²) >= 11 is 0. The Balaban J connectivity index is 2.08. The molecule has 0 saturated heterocycles. The average molecular weight is 463 g/mol. The Morgan fingerprint density at radius 2 is 1.94 bits per heavy atom. The number of carbonyl (C=O) groups excluding carboxylic acids is 1. The monoisotopic (exact) mass is 463 g/mol. The number of aromatic amines is 1. The first-order valence-corrected chi connectivity index (χ1v) is 10.6. The molecule has 2 aromatic carbocycles. The van der Waals surface area contributed by atoms with Gasteiger partial charge < -0.3 is 14.3 Å². The minimum atomic E-state index is -0.713. The summed E-state index contributed by atoms with van der Waals surface area (Å²) in [5.74, 6) is -1.36. The lowest BCUT2D eigenvalue weighted by atomic mass is 10.0. The minimum Gasteiger partial charge on any atom is -0.464 e. The number of nitrogens with one attached hydrogen (secondary N) is 1. The Morgan fingerprint density at radius 1 is 1.18 bits per heavy atom. The van der Waals surface area contributed by atoms with Crippen molar-refractivity contribution in [1.82, 2.24) is 9.55 Å². The van der Waals surface area contributed by atoms with E-state index < -0.39 is 16.7 Å². The van der Waals surface area contributed by atoms with Crippen LogP contribution in [0.2, 0.25) is 0 Å². The number of hydrogen-bond donors (Lipinski definition) is 1. The number of nitro benzene ring substituents is 1. The van der Waals surface area contributed by atoms with Crippen LogP contribution in [0.15, 0.2) is 53.3 Å². The van der Waals surface area contributed by atoms with E-state index in [-0.39, 0.29) is 34.6 Å². The number of fused-ring (bicyclic) bond motifs is 1. The summed E-state index contributed by atoms with van der Waals surface area (Å²) in [5.41, 5.74) is 2.28. The summed E-state index contributed by atoms with van der Waals surface area (Å²) in [4.78, 5) is 39.3. The molecule has 0 aliphatic heterocycles. The number of benzene rings is 2. The number of carbonyl (C=O) groups is 1. The minimum absolute atomic E-state index is 0.0280. The highest BCUT2D eigenvalue weighted by Gasteiger charge is 2.27. The molecule has 0 bridgehead atoms. The molecule has 4 rings (SSSR count). The van der Waals surface area contributed by atoms with Crippen molar-refractivity contribution in [3.8, 4) is 11.1 Å². The number of rotatable bonds is 6. The van der Waals surface area contributed by atoms with E-state index in [4.69, 9.17) is 4.74 Å². The third kappa shape index (κ3) is 3.96. The van der Waals surface area contributed by atoms with Crippen molar-refractivity contribution in [2.45, 2.75) is 26.8 Å². The molecular formula is C25H22FN3O5. The first-order valence-electron chi connectivity index (χ1n) is 10.6. The highest BCUT2D eigenvalue weighted by Crippen LogP contribution is 2.36. The normalized spacial score (nSPS) is 11.1. The van der Waals surface area contributed by atoms with Gasteiger partial charge in [-0.25, -0.2) is 9.18 Å². The van der Waals surface area contributed by atoms with Crippen molar-refractivity contribution in [2.24, 2.45) is 0 Å². The van der Waals surface area contributed by atoms with Gasteiger partial charge in [0.15, 0.2) is 0 Å². The number of nitro groups is 1. The number of aryl methyl sites for hydroxylation is 2. The van der Waals surface area contributed by atoms with Crippen LogP contribution in [-0.4, -0.2) is 27.6 Å². The molecule has 4 aromatic rings. The first-order chi connectivity index (χ1) is 16.2. The van der Waals surface area contributed by atoms with Crippen molar-refractivity contribution >= 4 is 22.6 Å². The molecule has 0 saturated carbocycles. The Labute approximate surface area is 193 Å². The molecular weight excluding hydrogens is 441 g/mol. The Hall–Kier alpha value is -4.27. The van der Waals surface area contributed by atoms with E-state index in [1.807, 2.05) is 19.1 Å². The fourth-order valence-electron chi connectivity index (χ4n) is 4.10. The molecule has 0 fully saturated rings. The van der Waals surface area contributed by atoms with Crippen LogP contribution in [0.3, 0.4) is 0 Å². The molecule has 34 heavy (non-hydrogen) atoms. The van der Waals surface area contributed by atoms with E-state index in [2.05, 4.69) is 4.98 Å². The van der Waals surface area contributed by atoms with Crippen LogP contribution in [0.5, 0.6) is 0 Å². The van der Waals surface area contributed by atoms with Gasteiger partial charge in [-0.2, -0.15) is 0 Å². The number of hydrogen-bond acceptors (Lipinski definition) is 5. The Kier molecular flexibility index (Phi) is 6.02. The number of halogens is 1. The topological polar surface area (TPSA) is 107 Å². The standard InChI is InChI=1S/C25H22FN3O5/c1-4-15-6-10-21-19(11-15)22(18-8-5-14(2)27-24(18)30)23(25(31)34-3)28(21)13-16-12-17(29(32)33)7-9-20(16)26/h5-12H,4,13H2,1-3H3,(H,27,30). The lowest BCUT2D eigenvalue weighted by molar-refractivity contribution is -0.385. The van der Waals surface area contributed by atoms with Crippen LogP contribution in [0.1, 0.15) is 34.2 Å². The average Bonchev–Trinajstić information content (AvgIpc) is 3.12. The summed E-state index contributed by atoms with van der Waals surface area (Å²) in [7, 11) is 1.22. The van der Waals surface area contributed by atoms with Crippen LogP contribution < -0.4 is 5.56 Å². The molecule has 2 aromatic heterocycles. The maximum absolute atomic E-state index is 14.7. The summed E-state index contributed by atoms with van der Waals surface area (Å²) in [5, 5.41) is 11.9. The number of non-ortho nitro benzene ring substituents is 1. The summed E-state index contributed by atoms with van der Waals surface area (Å²) in [6.07, 6.45) is 0.720. The van der Waals surface area contributed by atoms with Gasteiger partial charge in [0.2, 0.25) is 0 Å². The number of H-pyrrole nitrogens is 1. The van der Waals surface area contributed by atoms with Gasteiger partial charge in [0.25, 0.3) is 11.2 Å². The second-order valence-electron chi connectivity index (χ2n) is 7.92. The zero-order chi connectivity index (χ0) is 24.6. The van der Waals surface area contributed by atoms with Crippen molar-refractivity contribution in [2.75, 3.05) is 7.11 Å². The SMILES string of the molecule is CCc1ccc2c(c1)c(-c1ccc(C)[nH]c1=O)c(C(=O)OC)n2Cc1cc([N+](=O)[O-])ccc1F. The third-order valence-electron chi connectivity index (χ3n) is 5.81. The van der Waals surface area contributed by atoms with E-state index in [0.717, 1.165) is 30.2 Å². The molecule has 8 nitrogen and oxygen atoms in total. The van der Waals surface area contributed by atoms with Crippen LogP contribution in [0, 0.1) is 22.9 Å². The third-order valence-corrected chi connectivity index (χ3v) is 5.81. The predicted molar refractivity (Wildman–Crippen MR) is 126 cm³/mol. The van der Waals surface area contributed by atoms with E-state index in [1.165, 1.54) is 11.7 Å². The van der Waals surface area contributed by atoms with Gasteiger partial charge >= 0.3 is 5.97 Å². The molecule has 1 N–H and O–H groups in total. The Bertz CT molecular complexity index is 1500. The Morgan fingerprint density at radius 3 is 2.59 bits per heavy atom. The highest BCUT2D eigenvalue weighted by atomic mass is 19.1. The smallest absolute Gasteiger partial charge is 0.355 e. The van der Waals surface area contributed by atoms with Gasteiger partial charge in [0.1, 0.15) is 11.5 Å². The van der Waals surface area contributed by atoms with Gasteiger partial charge in [-0.1, -0.05) is 13.0 Å². The zero-order valence-electron chi connectivity index (χ0n) is 18.8. The van der Waals surface area contributed by atoms with Gasteiger partial charge in [-0.15, -0.1) is 0 Å². The summed E-state index contributed by atoms with van der Waals surface area (Å²) in [6.45, 7) is 3.55. The van der Waals surface area contributed by atoms with E-state index in [1.54, 1.807) is 25.1 Å². The number of nitrogens with zero attached hydrogens (tertiary/aromatic N) is 2. The molecule has 0 amide bonds. The first kappa shape index (κ1) is 22.9. The second-order valence-corrected chi connectivity index (χ2v) is 7.92. The molecule has 0 atom stereocenters. The van der Waals surface area contributed by atoms with E-state index in [0.29, 0.717) is 22.2 Å². The number of pyridine rings is 1. The number of ether oxygens (including phenoxy) is 1. The molecule has 9 heteroatoms. The van der Waals surface area contributed by atoms with Crippen LogP contribution >= 0.6 is 0 Å². The van der Waals surface area contributed by atoms with Crippen molar-refractivity contribution in [1.29, 1.82) is 0 Å². The quantitative estimate of drug-likeness (QED) is 0.252. The fourth-order valence-corrected chi connectivity index (χ4v) is 4.10. The summed E-state index contributed by atoms with van der Waals surface area (Å²) < 4.78 is 21.3. The molecule has 0 radical (unpaired) electrons. The number of methoxy groups -OCH3 is 1. The lowest BCUT2D eigenvalue weighted by Crippen LogP contribution is -2.16.